The van der Waals surface area contributed by atoms with E-state index in [2.05, 4.69) is 16.0 Å². The average molecular weight is 342 g/mol. The summed E-state index contributed by atoms with van der Waals surface area (Å²) in [6, 6.07) is 16.9. The van der Waals surface area contributed by atoms with Crippen LogP contribution in [-0.4, -0.2) is 17.1 Å². The molecule has 3 aromatic heterocycles. The van der Waals surface area contributed by atoms with Crippen molar-refractivity contribution in [3.05, 3.63) is 71.2 Å². The molecule has 0 unspecified atom stereocenters. The van der Waals surface area contributed by atoms with E-state index in [0.717, 1.165) is 27.2 Å². The van der Waals surface area contributed by atoms with Crippen LogP contribution in [0.1, 0.15) is 0 Å². The first-order valence-electron chi connectivity index (χ1n) is 8.22. The molecule has 1 N–H and O–H groups in total. The van der Waals surface area contributed by atoms with Crippen LogP contribution in [0.3, 0.4) is 0 Å². The van der Waals surface area contributed by atoms with Crippen LogP contribution in [0.15, 0.2) is 70.0 Å². The van der Waals surface area contributed by atoms with Gasteiger partial charge >= 0.3 is 5.63 Å². The van der Waals surface area contributed by atoms with Crippen molar-refractivity contribution in [1.82, 2.24) is 9.97 Å². The van der Waals surface area contributed by atoms with Gasteiger partial charge in [-0.1, -0.05) is 18.2 Å². The minimum Gasteiger partial charge on any atom is -0.497 e. The van der Waals surface area contributed by atoms with Crippen molar-refractivity contribution in [1.29, 1.82) is 0 Å². The summed E-state index contributed by atoms with van der Waals surface area (Å²) in [5, 5.41) is 2.97. The van der Waals surface area contributed by atoms with Gasteiger partial charge in [0.2, 0.25) is 0 Å². The smallest absolute Gasteiger partial charge is 0.336 e. The van der Waals surface area contributed by atoms with Gasteiger partial charge in [0.25, 0.3) is 0 Å². The van der Waals surface area contributed by atoms with Crippen LogP contribution < -0.4 is 10.4 Å². The number of benzene rings is 2. The quantitative estimate of drug-likeness (QED) is 0.480. The topological polar surface area (TPSA) is 68.1 Å². The van der Waals surface area contributed by atoms with Crippen molar-refractivity contribution in [3.63, 3.8) is 0 Å². The molecule has 0 aliphatic heterocycles. The van der Waals surface area contributed by atoms with Crippen LogP contribution in [0.2, 0.25) is 0 Å². The summed E-state index contributed by atoms with van der Waals surface area (Å²) in [7, 11) is 1.61. The molecule has 0 aliphatic carbocycles. The number of methoxy groups -OCH3 is 1. The second kappa shape index (κ2) is 5.46. The maximum absolute atomic E-state index is 12.1. The van der Waals surface area contributed by atoms with Crippen molar-refractivity contribution in [3.8, 4) is 17.0 Å². The van der Waals surface area contributed by atoms with E-state index in [1.165, 1.54) is 6.07 Å². The van der Waals surface area contributed by atoms with Crippen LogP contribution >= 0.6 is 0 Å². The van der Waals surface area contributed by atoms with Crippen molar-refractivity contribution in [2.75, 3.05) is 7.11 Å². The molecule has 0 aliphatic rings. The van der Waals surface area contributed by atoms with E-state index < -0.39 is 5.63 Å². The fourth-order valence-electron chi connectivity index (χ4n) is 3.44. The normalized spacial score (nSPS) is 11.4. The van der Waals surface area contributed by atoms with E-state index >= 15 is 0 Å². The molecule has 5 heteroatoms. The summed E-state index contributed by atoms with van der Waals surface area (Å²) in [5.41, 5.74) is 3.44. The lowest BCUT2D eigenvalue weighted by Gasteiger charge is -2.08. The highest BCUT2D eigenvalue weighted by Crippen LogP contribution is 2.35. The highest BCUT2D eigenvalue weighted by molar-refractivity contribution is 6.12. The van der Waals surface area contributed by atoms with Gasteiger partial charge < -0.3 is 14.1 Å². The van der Waals surface area contributed by atoms with Gasteiger partial charge in [-0.05, 0) is 30.3 Å². The first kappa shape index (κ1) is 14.7. The number of H-pyrrole nitrogens is 1. The van der Waals surface area contributed by atoms with Crippen LogP contribution in [0, 0.1) is 0 Å². The highest BCUT2D eigenvalue weighted by atomic mass is 16.5. The van der Waals surface area contributed by atoms with E-state index in [-0.39, 0.29) is 0 Å². The van der Waals surface area contributed by atoms with Crippen LogP contribution in [0.25, 0.3) is 44.0 Å². The molecular formula is C21H14N2O3. The third-order valence-corrected chi connectivity index (χ3v) is 4.63. The largest absolute Gasteiger partial charge is 0.497 e. The maximum atomic E-state index is 12.1. The van der Waals surface area contributed by atoms with Gasteiger partial charge in [-0.15, -0.1) is 0 Å². The number of para-hydroxylation sites is 1. The molecule has 126 valence electrons. The Balaban J connectivity index is 1.92. The van der Waals surface area contributed by atoms with Crippen LogP contribution in [0.5, 0.6) is 5.75 Å². The number of aromatic amines is 1. The second-order valence-corrected chi connectivity index (χ2v) is 6.09. The zero-order valence-electron chi connectivity index (χ0n) is 13.9. The number of ether oxygens (including phenoxy) is 1. The second-order valence-electron chi connectivity index (χ2n) is 6.09. The van der Waals surface area contributed by atoms with Gasteiger partial charge in [-0.25, -0.2) is 4.79 Å². The van der Waals surface area contributed by atoms with Gasteiger partial charge in [0, 0.05) is 39.5 Å². The zero-order chi connectivity index (χ0) is 17.7. The molecule has 0 amide bonds. The van der Waals surface area contributed by atoms with E-state index in [1.807, 2.05) is 30.3 Å². The molecule has 2 aromatic carbocycles. The van der Waals surface area contributed by atoms with Gasteiger partial charge in [0.15, 0.2) is 0 Å². The average Bonchev–Trinajstić information content (AvgIpc) is 3.06. The third-order valence-electron chi connectivity index (χ3n) is 4.63. The fourth-order valence-corrected chi connectivity index (χ4v) is 3.44. The summed E-state index contributed by atoms with van der Waals surface area (Å²) >= 11 is 0. The number of nitrogens with one attached hydrogen (secondary N) is 1. The molecule has 0 atom stereocenters. The van der Waals surface area contributed by atoms with Crippen molar-refractivity contribution in [2.45, 2.75) is 0 Å². The van der Waals surface area contributed by atoms with Gasteiger partial charge in [-0.3, -0.25) is 4.98 Å². The van der Waals surface area contributed by atoms with E-state index in [1.54, 1.807) is 25.4 Å². The predicted octanol–water partition coefficient (Wildman–Crippen LogP) is 4.50. The summed E-state index contributed by atoms with van der Waals surface area (Å²) < 4.78 is 10.7. The lowest BCUT2D eigenvalue weighted by atomic mass is 10.0. The van der Waals surface area contributed by atoms with Crippen LogP contribution in [0.4, 0.5) is 0 Å². The molecule has 0 radical (unpaired) electrons. The molecule has 5 rings (SSSR count). The summed E-state index contributed by atoms with van der Waals surface area (Å²) in [6.07, 6.45) is 1.76. The minimum absolute atomic E-state index is 0.410. The molecule has 0 saturated heterocycles. The Morgan fingerprint density at radius 3 is 2.77 bits per heavy atom. The molecule has 5 nitrogen and oxygen atoms in total. The Bertz CT molecular complexity index is 1350. The summed E-state index contributed by atoms with van der Waals surface area (Å²) in [4.78, 5) is 20.1. The third kappa shape index (κ3) is 2.10. The molecule has 0 spiro atoms. The number of fused-ring (bicyclic) bond motifs is 4. The number of aromatic nitrogens is 2. The predicted molar refractivity (Wildman–Crippen MR) is 102 cm³/mol. The molecule has 0 saturated carbocycles. The number of hydrogen-bond acceptors (Lipinski definition) is 4. The first-order chi connectivity index (χ1) is 12.7. The molecule has 0 fully saturated rings. The molecule has 5 aromatic rings. The molecular weight excluding hydrogens is 328 g/mol. The summed E-state index contributed by atoms with van der Waals surface area (Å²) in [6.45, 7) is 0. The zero-order valence-corrected chi connectivity index (χ0v) is 13.9. The Labute approximate surface area is 147 Å². The minimum atomic E-state index is -0.410. The number of hydrogen-bond donors (Lipinski definition) is 1. The van der Waals surface area contributed by atoms with Crippen molar-refractivity contribution < 1.29 is 9.15 Å². The standard InChI is InChI=1S/C21H14N2O3/c1-25-12-6-7-18-15(10-12)16(11-19(24)26-18)20-21-14(8-9-22-20)13-4-2-3-5-17(13)23-21/h2-11,23H,1H3. The van der Waals surface area contributed by atoms with E-state index in [0.29, 0.717) is 22.6 Å². The Morgan fingerprint density at radius 2 is 1.88 bits per heavy atom. The lowest BCUT2D eigenvalue weighted by Crippen LogP contribution is -1.99. The lowest BCUT2D eigenvalue weighted by molar-refractivity contribution is 0.415. The Kier molecular flexibility index (Phi) is 3.09. The Hall–Kier alpha value is -3.60. The van der Waals surface area contributed by atoms with Crippen molar-refractivity contribution >= 4 is 32.8 Å². The fraction of sp³-hybridized carbons (Fsp3) is 0.0476. The molecule has 3 heterocycles. The highest BCUT2D eigenvalue weighted by Gasteiger charge is 2.15. The SMILES string of the molecule is COc1ccc2oc(=O)cc(-c3nccc4c3[nH]c3ccccc34)c2c1. The number of rotatable bonds is 2. The van der Waals surface area contributed by atoms with Crippen LogP contribution in [-0.2, 0) is 0 Å². The maximum Gasteiger partial charge on any atom is 0.336 e. The molecule has 0 bridgehead atoms. The van der Waals surface area contributed by atoms with E-state index in [4.69, 9.17) is 9.15 Å². The van der Waals surface area contributed by atoms with E-state index in [9.17, 15) is 4.79 Å². The van der Waals surface area contributed by atoms with Gasteiger partial charge in [0.05, 0.1) is 18.3 Å². The molecule has 26 heavy (non-hydrogen) atoms. The monoisotopic (exact) mass is 342 g/mol. The Morgan fingerprint density at radius 1 is 1.00 bits per heavy atom. The van der Waals surface area contributed by atoms with Gasteiger partial charge in [0.1, 0.15) is 11.3 Å². The first-order valence-corrected chi connectivity index (χ1v) is 8.22. The van der Waals surface area contributed by atoms with Crippen molar-refractivity contribution in [2.24, 2.45) is 0 Å². The number of nitrogens with zero attached hydrogens (tertiary/aromatic N) is 1. The van der Waals surface area contributed by atoms with Gasteiger partial charge in [-0.2, -0.15) is 0 Å². The summed E-state index contributed by atoms with van der Waals surface area (Å²) in [5.74, 6) is 0.691. The number of pyridine rings is 1.